The molecule has 0 atom stereocenters. The fourth-order valence-corrected chi connectivity index (χ4v) is 12.8. The molecule has 0 radical (unpaired) electrons. The van der Waals surface area contributed by atoms with Crippen LogP contribution in [0.4, 0.5) is 0 Å². The summed E-state index contributed by atoms with van der Waals surface area (Å²) < 4.78 is 0. The molecule has 0 fully saturated rings. The summed E-state index contributed by atoms with van der Waals surface area (Å²) in [6.45, 7) is 16.0. The van der Waals surface area contributed by atoms with Gasteiger partial charge in [0.2, 0.25) is 23.6 Å². The quantitative estimate of drug-likeness (QED) is 0.0450. The van der Waals surface area contributed by atoms with Gasteiger partial charge in [-0.05, 0) is 45.2 Å². The molecule has 0 saturated carbocycles. The van der Waals surface area contributed by atoms with Crippen LogP contribution in [-0.4, -0.2) is 98.9 Å². The third-order valence-electron chi connectivity index (χ3n) is 19.0. The van der Waals surface area contributed by atoms with Crippen molar-refractivity contribution in [1.82, 2.24) is 31.1 Å². The molecule has 10 nitrogen and oxygen atoms in total. The molecular formula is C79H158N6O4. The van der Waals surface area contributed by atoms with Crippen molar-refractivity contribution >= 4 is 23.6 Å². The highest BCUT2D eigenvalue weighted by Gasteiger charge is 2.15. The standard InChI is InChI=1S/C79H158N6O4/c1-5-9-13-17-21-25-29-33-37-41-45-49-53-57-66-80-76(86)62-72-84(73-63-77(87)81-67-58-54-50-46-42-38-34-30-26-22-18-14-10-6-2)70-61-71-85(74-64-78(88)82-68-59-55-51-47-43-39-35-31-27-23-19-15-11-7-3)75-65-79(89)83-69-60-56-52-48-44-40-36-32-28-24-20-16-12-8-4/h5-75H2,1-4H3,(H,80,86)(H,81,87)(H,82,88)(H,83,89). The van der Waals surface area contributed by atoms with Crippen LogP contribution in [0, 0.1) is 0 Å². The minimum Gasteiger partial charge on any atom is -0.356 e. The van der Waals surface area contributed by atoms with Gasteiger partial charge in [-0.2, -0.15) is 0 Å². The zero-order chi connectivity index (χ0) is 64.5. The molecule has 0 bridgehead atoms. The van der Waals surface area contributed by atoms with E-state index in [1.807, 2.05) is 0 Å². The summed E-state index contributed by atoms with van der Waals surface area (Å²) in [6, 6.07) is 0. The minimum atomic E-state index is 0.0915. The summed E-state index contributed by atoms with van der Waals surface area (Å²) in [5.41, 5.74) is 0. The Morgan fingerprint density at radius 3 is 0.461 bits per heavy atom. The number of carbonyl (C=O) groups is 4. The third-order valence-corrected chi connectivity index (χ3v) is 19.0. The van der Waals surface area contributed by atoms with Crippen LogP contribution in [0.25, 0.3) is 0 Å². The highest BCUT2D eigenvalue weighted by Crippen LogP contribution is 2.18. The lowest BCUT2D eigenvalue weighted by molar-refractivity contribution is -0.123. The average Bonchev–Trinajstić information content (AvgIpc) is 3.55. The molecule has 4 amide bonds. The van der Waals surface area contributed by atoms with Crippen molar-refractivity contribution in [3.05, 3.63) is 0 Å². The van der Waals surface area contributed by atoms with E-state index < -0.39 is 0 Å². The Morgan fingerprint density at radius 2 is 0.315 bits per heavy atom. The van der Waals surface area contributed by atoms with Crippen molar-refractivity contribution in [2.45, 2.75) is 419 Å². The van der Waals surface area contributed by atoms with Crippen molar-refractivity contribution in [3.63, 3.8) is 0 Å². The van der Waals surface area contributed by atoms with Gasteiger partial charge in [0.1, 0.15) is 0 Å². The maximum absolute atomic E-state index is 13.2. The van der Waals surface area contributed by atoms with Gasteiger partial charge in [0.05, 0.1) is 0 Å². The Morgan fingerprint density at radius 1 is 0.180 bits per heavy atom. The largest absolute Gasteiger partial charge is 0.356 e. The summed E-state index contributed by atoms with van der Waals surface area (Å²) >= 11 is 0. The van der Waals surface area contributed by atoms with Gasteiger partial charge in [-0.15, -0.1) is 0 Å². The molecular weight excluding hydrogens is 1100 g/mol. The minimum absolute atomic E-state index is 0.0915. The molecule has 0 aliphatic rings. The molecule has 0 rings (SSSR count). The van der Waals surface area contributed by atoms with Crippen LogP contribution >= 0.6 is 0 Å². The van der Waals surface area contributed by atoms with Gasteiger partial charge in [0.25, 0.3) is 0 Å². The number of nitrogens with one attached hydrogen (secondary N) is 4. The SMILES string of the molecule is CCCCCCCCCCCCCCCCNC(=O)CCN(CCCN(CCC(=O)NCCCCCCCCCCCCCCCC)CCC(=O)NCCCCCCCCCCCCCCCC)CCC(=O)NCCCCCCCCCCCCCCCC. The highest BCUT2D eigenvalue weighted by atomic mass is 16.2. The van der Waals surface area contributed by atoms with Crippen LogP contribution in [0.15, 0.2) is 0 Å². The van der Waals surface area contributed by atoms with Crippen LogP contribution in [-0.2, 0) is 19.2 Å². The summed E-state index contributed by atoms with van der Waals surface area (Å²) in [4.78, 5) is 57.4. The molecule has 0 aliphatic carbocycles. The number of rotatable bonds is 76. The van der Waals surface area contributed by atoms with E-state index >= 15 is 0 Å². The van der Waals surface area contributed by atoms with Gasteiger partial charge in [0, 0.05) is 78.0 Å². The van der Waals surface area contributed by atoms with Crippen molar-refractivity contribution in [2.24, 2.45) is 0 Å². The number of hydrogen-bond donors (Lipinski definition) is 4. The smallest absolute Gasteiger partial charge is 0.221 e. The molecule has 10 heteroatoms. The molecule has 0 heterocycles. The van der Waals surface area contributed by atoms with Crippen LogP contribution in [0.5, 0.6) is 0 Å². The first-order valence-electron chi connectivity index (χ1n) is 40.4. The Kier molecular flexibility index (Phi) is 73.0. The van der Waals surface area contributed by atoms with E-state index in [0.717, 1.165) is 97.1 Å². The average molecular weight is 1260 g/mol. The van der Waals surface area contributed by atoms with Crippen LogP contribution in [0.3, 0.4) is 0 Å². The number of amides is 4. The summed E-state index contributed by atoms with van der Waals surface area (Å²) in [5.74, 6) is 0.366. The summed E-state index contributed by atoms with van der Waals surface area (Å²) in [6.07, 6.45) is 76.5. The summed E-state index contributed by atoms with van der Waals surface area (Å²) in [7, 11) is 0. The second kappa shape index (κ2) is 74.8. The predicted octanol–water partition coefficient (Wildman–Crippen LogP) is 21.9. The molecule has 0 aromatic rings. The van der Waals surface area contributed by atoms with E-state index in [4.69, 9.17) is 0 Å². The molecule has 0 aliphatic heterocycles. The Labute approximate surface area is 556 Å². The number of unbranched alkanes of at least 4 members (excludes halogenated alkanes) is 52. The van der Waals surface area contributed by atoms with Crippen molar-refractivity contribution < 1.29 is 19.2 Å². The van der Waals surface area contributed by atoms with Crippen molar-refractivity contribution in [2.75, 3.05) is 65.4 Å². The normalized spacial score (nSPS) is 11.6. The lowest BCUT2D eigenvalue weighted by Crippen LogP contribution is -2.38. The van der Waals surface area contributed by atoms with Gasteiger partial charge < -0.3 is 31.1 Å². The number of hydrogen-bond acceptors (Lipinski definition) is 6. The molecule has 0 spiro atoms. The van der Waals surface area contributed by atoms with E-state index in [1.165, 1.54) is 308 Å². The Bertz CT molecular complexity index is 1240. The van der Waals surface area contributed by atoms with E-state index in [-0.39, 0.29) is 23.6 Å². The molecule has 0 aromatic heterocycles. The van der Waals surface area contributed by atoms with Gasteiger partial charge in [-0.25, -0.2) is 0 Å². The van der Waals surface area contributed by atoms with E-state index in [2.05, 4.69) is 58.8 Å². The van der Waals surface area contributed by atoms with E-state index in [9.17, 15) is 19.2 Å². The number of carbonyl (C=O) groups excluding carboxylic acids is 4. The monoisotopic (exact) mass is 1260 g/mol. The van der Waals surface area contributed by atoms with Gasteiger partial charge in [-0.1, -0.05) is 362 Å². The van der Waals surface area contributed by atoms with Crippen LogP contribution < -0.4 is 21.3 Å². The first-order chi connectivity index (χ1) is 43.9. The van der Waals surface area contributed by atoms with Crippen LogP contribution in [0.1, 0.15) is 419 Å². The molecule has 4 N–H and O–H groups in total. The van der Waals surface area contributed by atoms with Gasteiger partial charge in [0.15, 0.2) is 0 Å². The van der Waals surface area contributed by atoms with Gasteiger partial charge >= 0.3 is 0 Å². The lowest BCUT2D eigenvalue weighted by atomic mass is 10.0. The predicted molar refractivity (Wildman–Crippen MR) is 389 cm³/mol. The zero-order valence-corrected chi connectivity index (χ0v) is 60.7. The van der Waals surface area contributed by atoms with Crippen molar-refractivity contribution in [1.29, 1.82) is 0 Å². The molecule has 528 valence electrons. The zero-order valence-electron chi connectivity index (χ0n) is 60.7. The molecule has 89 heavy (non-hydrogen) atoms. The highest BCUT2D eigenvalue weighted by molar-refractivity contribution is 5.77. The first-order valence-corrected chi connectivity index (χ1v) is 40.4. The fraction of sp³-hybridized carbons (Fsp3) is 0.949. The maximum Gasteiger partial charge on any atom is 0.221 e. The first kappa shape index (κ1) is 86.8. The maximum atomic E-state index is 13.2. The van der Waals surface area contributed by atoms with Crippen LogP contribution in [0.2, 0.25) is 0 Å². The van der Waals surface area contributed by atoms with Gasteiger partial charge in [-0.3, -0.25) is 19.2 Å². The van der Waals surface area contributed by atoms with E-state index in [0.29, 0.717) is 51.9 Å². The Hall–Kier alpha value is -2.20. The molecule has 0 saturated heterocycles. The molecule has 0 unspecified atom stereocenters. The fourth-order valence-electron chi connectivity index (χ4n) is 12.8. The lowest BCUT2D eigenvalue weighted by Gasteiger charge is -2.26. The van der Waals surface area contributed by atoms with Crippen molar-refractivity contribution in [3.8, 4) is 0 Å². The Balaban J connectivity index is 5.19. The van der Waals surface area contributed by atoms with E-state index in [1.54, 1.807) is 0 Å². The molecule has 0 aromatic carbocycles. The third kappa shape index (κ3) is 71.5. The second-order valence-corrected chi connectivity index (χ2v) is 27.8. The summed E-state index contributed by atoms with van der Waals surface area (Å²) in [5, 5.41) is 12.8. The second-order valence-electron chi connectivity index (χ2n) is 27.8. The topological polar surface area (TPSA) is 123 Å². The number of nitrogens with zero attached hydrogens (tertiary/aromatic N) is 2.